The zero-order chi connectivity index (χ0) is 16.8. The molecule has 0 spiro atoms. The van der Waals surface area contributed by atoms with E-state index in [0.29, 0.717) is 31.9 Å². The fourth-order valence-electron chi connectivity index (χ4n) is 3.74. The molecule has 2 fully saturated rings. The van der Waals surface area contributed by atoms with Gasteiger partial charge in [0.25, 0.3) is 5.91 Å². The molecule has 7 nitrogen and oxygen atoms in total. The summed E-state index contributed by atoms with van der Waals surface area (Å²) >= 11 is 0. The first-order valence-electron chi connectivity index (χ1n) is 7.99. The van der Waals surface area contributed by atoms with Gasteiger partial charge in [0.1, 0.15) is 0 Å². The number of amides is 1. The molecule has 2 aliphatic heterocycles. The standard InChI is InChI=1S/C16H23N3O4/c1-10(2)13-6-12(17-18(13)3)14(20)19-7-11-8-23-5-4-16(11,9-19)15(21)22/h6,10-11H,4-5,7-9H2,1-3H3,(H,21,22)/t11-,16+/m0/s1. The van der Waals surface area contributed by atoms with Crippen molar-refractivity contribution >= 4 is 11.9 Å². The lowest BCUT2D eigenvalue weighted by Crippen LogP contribution is -2.45. The first-order valence-corrected chi connectivity index (χ1v) is 7.99. The Labute approximate surface area is 135 Å². The van der Waals surface area contributed by atoms with Crippen molar-refractivity contribution in [1.82, 2.24) is 14.7 Å². The van der Waals surface area contributed by atoms with Gasteiger partial charge < -0.3 is 14.7 Å². The van der Waals surface area contributed by atoms with Gasteiger partial charge in [0, 0.05) is 38.4 Å². The van der Waals surface area contributed by atoms with Gasteiger partial charge in [0.2, 0.25) is 0 Å². The van der Waals surface area contributed by atoms with E-state index in [9.17, 15) is 14.7 Å². The van der Waals surface area contributed by atoms with Gasteiger partial charge in [-0.25, -0.2) is 0 Å². The average Bonchev–Trinajstić information content (AvgIpc) is 3.08. The van der Waals surface area contributed by atoms with E-state index < -0.39 is 11.4 Å². The smallest absolute Gasteiger partial charge is 0.311 e. The van der Waals surface area contributed by atoms with Crippen LogP contribution in [-0.4, -0.2) is 58.0 Å². The largest absolute Gasteiger partial charge is 0.481 e. The van der Waals surface area contributed by atoms with Crippen LogP contribution in [0.15, 0.2) is 6.07 Å². The number of nitrogens with zero attached hydrogens (tertiary/aromatic N) is 3. The predicted octanol–water partition coefficient (Wildman–Crippen LogP) is 1.11. The normalized spacial score (nSPS) is 27.3. The van der Waals surface area contributed by atoms with Crippen molar-refractivity contribution < 1.29 is 19.4 Å². The van der Waals surface area contributed by atoms with E-state index in [1.165, 1.54) is 0 Å². The third-order valence-electron chi connectivity index (χ3n) is 5.15. The van der Waals surface area contributed by atoms with Crippen LogP contribution >= 0.6 is 0 Å². The Morgan fingerprint density at radius 2 is 2.22 bits per heavy atom. The molecule has 23 heavy (non-hydrogen) atoms. The van der Waals surface area contributed by atoms with Crippen LogP contribution in [0, 0.1) is 11.3 Å². The summed E-state index contributed by atoms with van der Waals surface area (Å²) in [6.45, 7) is 5.59. The van der Waals surface area contributed by atoms with E-state index in [2.05, 4.69) is 5.10 Å². The fourth-order valence-corrected chi connectivity index (χ4v) is 3.74. The molecule has 3 rings (SSSR count). The summed E-state index contributed by atoms with van der Waals surface area (Å²) in [6, 6.07) is 1.80. The van der Waals surface area contributed by atoms with Crippen LogP contribution in [0.4, 0.5) is 0 Å². The molecule has 2 atom stereocenters. The SMILES string of the molecule is CC(C)c1cc(C(=O)N2C[C@H]3COCC[C@@]3(C(=O)O)C2)nn1C. The Balaban J connectivity index is 1.84. The summed E-state index contributed by atoms with van der Waals surface area (Å²) in [5, 5.41) is 14.0. The lowest BCUT2D eigenvalue weighted by Gasteiger charge is -2.33. The van der Waals surface area contributed by atoms with E-state index in [1.54, 1.807) is 15.6 Å². The number of rotatable bonds is 3. The maximum Gasteiger partial charge on any atom is 0.311 e. The Kier molecular flexibility index (Phi) is 3.91. The molecule has 0 aromatic carbocycles. The molecule has 1 aromatic rings. The second-order valence-electron chi connectivity index (χ2n) is 6.90. The molecule has 0 bridgehead atoms. The number of fused-ring (bicyclic) bond motifs is 1. The van der Waals surface area contributed by atoms with Crippen LogP contribution in [0.2, 0.25) is 0 Å². The van der Waals surface area contributed by atoms with Crippen LogP contribution < -0.4 is 0 Å². The average molecular weight is 321 g/mol. The van der Waals surface area contributed by atoms with Crippen molar-refractivity contribution in [3.05, 3.63) is 17.5 Å². The minimum atomic E-state index is -0.871. The van der Waals surface area contributed by atoms with Crippen molar-refractivity contribution in [2.75, 3.05) is 26.3 Å². The topological polar surface area (TPSA) is 84.7 Å². The highest BCUT2D eigenvalue weighted by Gasteiger charge is 2.55. The van der Waals surface area contributed by atoms with E-state index in [0.717, 1.165) is 5.69 Å². The Morgan fingerprint density at radius 3 is 2.78 bits per heavy atom. The maximum atomic E-state index is 12.8. The molecule has 0 radical (unpaired) electrons. The molecule has 0 aliphatic carbocycles. The molecule has 2 saturated heterocycles. The number of aliphatic carboxylic acids is 1. The van der Waals surface area contributed by atoms with E-state index in [-0.39, 0.29) is 24.3 Å². The third kappa shape index (κ3) is 2.52. The van der Waals surface area contributed by atoms with Crippen molar-refractivity contribution in [2.24, 2.45) is 18.4 Å². The molecule has 0 saturated carbocycles. The van der Waals surface area contributed by atoms with Crippen molar-refractivity contribution in [3.63, 3.8) is 0 Å². The molecule has 1 amide bonds. The molecule has 7 heteroatoms. The van der Waals surface area contributed by atoms with Gasteiger partial charge in [-0.2, -0.15) is 5.10 Å². The van der Waals surface area contributed by atoms with Gasteiger partial charge in [-0.15, -0.1) is 0 Å². The minimum absolute atomic E-state index is 0.147. The Hall–Kier alpha value is -1.89. The number of aryl methyl sites for hydroxylation is 1. The number of aromatic nitrogens is 2. The van der Waals surface area contributed by atoms with Gasteiger partial charge >= 0.3 is 5.97 Å². The molecular weight excluding hydrogens is 298 g/mol. The van der Waals surface area contributed by atoms with Crippen LogP contribution in [0.5, 0.6) is 0 Å². The number of carbonyl (C=O) groups excluding carboxylic acids is 1. The molecule has 1 aromatic heterocycles. The summed E-state index contributed by atoms with van der Waals surface area (Å²) in [5.41, 5.74) is 0.501. The summed E-state index contributed by atoms with van der Waals surface area (Å²) in [6.07, 6.45) is 0.455. The van der Waals surface area contributed by atoms with Gasteiger partial charge in [0.15, 0.2) is 5.69 Å². The number of likely N-dealkylation sites (tertiary alicyclic amines) is 1. The molecule has 2 aliphatic rings. The lowest BCUT2D eigenvalue weighted by molar-refractivity contribution is -0.157. The Bertz CT molecular complexity index is 639. The number of hydrogen-bond donors (Lipinski definition) is 1. The highest BCUT2D eigenvalue weighted by Crippen LogP contribution is 2.42. The molecule has 3 heterocycles. The summed E-state index contributed by atoms with van der Waals surface area (Å²) in [7, 11) is 1.82. The van der Waals surface area contributed by atoms with Crippen LogP contribution in [-0.2, 0) is 16.6 Å². The zero-order valence-electron chi connectivity index (χ0n) is 13.8. The summed E-state index contributed by atoms with van der Waals surface area (Å²) in [5.74, 6) is -0.896. The summed E-state index contributed by atoms with van der Waals surface area (Å²) in [4.78, 5) is 26.2. The summed E-state index contributed by atoms with van der Waals surface area (Å²) < 4.78 is 7.15. The predicted molar refractivity (Wildman–Crippen MR) is 82.2 cm³/mol. The fraction of sp³-hybridized carbons (Fsp3) is 0.688. The van der Waals surface area contributed by atoms with Crippen LogP contribution in [0.1, 0.15) is 42.4 Å². The second kappa shape index (κ2) is 5.63. The van der Waals surface area contributed by atoms with E-state index in [1.807, 2.05) is 20.9 Å². The van der Waals surface area contributed by atoms with Crippen molar-refractivity contribution in [2.45, 2.75) is 26.2 Å². The first kappa shape index (κ1) is 16.0. The van der Waals surface area contributed by atoms with Crippen LogP contribution in [0.3, 0.4) is 0 Å². The molecule has 0 unspecified atom stereocenters. The Morgan fingerprint density at radius 1 is 1.48 bits per heavy atom. The van der Waals surface area contributed by atoms with Gasteiger partial charge in [-0.3, -0.25) is 14.3 Å². The van der Waals surface area contributed by atoms with Crippen molar-refractivity contribution in [1.29, 1.82) is 0 Å². The number of carboxylic acids is 1. The van der Waals surface area contributed by atoms with Crippen molar-refractivity contribution in [3.8, 4) is 0 Å². The quantitative estimate of drug-likeness (QED) is 0.901. The monoisotopic (exact) mass is 321 g/mol. The first-order chi connectivity index (χ1) is 10.8. The number of ether oxygens (including phenoxy) is 1. The van der Waals surface area contributed by atoms with Gasteiger partial charge in [-0.1, -0.05) is 13.8 Å². The minimum Gasteiger partial charge on any atom is -0.481 e. The zero-order valence-corrected chi connectivity index (χ0v) is 13.8. The second-order valence-corrected chi connectivity index (χ2v) is 6.90. The third-order valence-corrected chi connectivity index (χ3v) is 5.15. The molecule has 1 N–H and O–H groups in total. The lowest BCUT2D eigenvalue weighted by atomic mass is 9.74. The van der Waals surface area contributed by atoms with E-state index >= 15 is 0 Å². The van der Waals surface area contributed by atoms with Crippen LogP contribution in [0.25, 0.3) is 0 Å². The maximum absolute atomic E-state index is 12.8. The highest BCUT2D eigenvalue weighted by molar-refractivity contribution is 5.93. The molecule has 126 valence electrons. The number of carbonyl (C=O) groups is 2. The number of hydrogen-bond acceptors (Lipinski definition) is 4. The number of carboxylic acid groups (broad SMARTS) is 1. The van der Waals surface area contributed by atoms with Gasteiger partial charge in [0.05, 0.1) is 12.0 Å². The van der Waals surface area contributed by atoms with E-state index in [4.69, 9.17) is 4.74 Å². The molecular formula is C16H23N3O4. The van der Waals surface area contributed by atoms with Gasteiger partial charge in [-0.05, 0) is 18.4 Å². The highest BCUT2D eigenvalue weighted by atomic mass is 16.5.